The Morgan fingerprint density at radius 2 is 1.59 bits per heavy atom. The van der Waals surface area contributed by atoms with Crippen LogP contribution in [0.4, 0.5) is 4.79 Å². The molecule has 1 unspecified atom stereocenters. The monoisotopic (exact) mass is 311 g/mol. The lowest BCUT2D eigenvalue weighted by Gasteiger charge is -2.37. The van der Waals surface area contributed by atoms with E-state index in [-0.39, 0.29) is 12.1 Å². The highest BCUT2D eigenvalue weighted by atomic mass is 16.6. The van der Waals surface area contributed by atoms with Gasteiger partial charge in [-0.15, -0.1) is 0 Å². The van der Waals surface area contributed by atoms with Crippen molar-refractivity contribution in [1.82, 2.24) is 14.7 Å². The lowest BCUT2D eigenvalue weighted by molar-refractivity contribution is -0.154. The van der Waals surface area contributed by atoms with Crippen molar-refractivity contribution < 1.29 is 19.1 Å². The molecule has 2 saturated heterocycles. The molecule has 0 spiro atoms. The van der Waals surface area contributed by atoms with E-state index in [1.165, 1.54) is 0 Å². The maximum Gasteiger partial charge on any atom is 0.409 e. The number of hydrogen-bond acceptors (Lipinski definition) is 4. The molecule has 2 fully saturated rings. The Kier molecular flexibility index (Phi) is 5.63. The molecule has 0 aromatic rings. The van der Waals surface area contributed by atoms with Crippen molar-refractivity contribution in [3.05, 3.63) is 0 Å². The van der Waals surface area contributed by atoms with Gasteiger partial charge in [0.05, 0.1) is 6.61 Å². The predicted octanol–water partition coefficient (Wildman–Crippen LogP) is 0.688. The molecule has 22 heavy (non-hydrogen) atoms. The third-order valence-electron chi connectivity index (χ3n) is 4.34. The first-order valence-corrected chi connectivity index (χ1v) is 8.06. The van der Waals surface area contributed by atoms with Gasteiger partial charge in [-0.25, -0.2) is 4.79 Å². The summed E-state index contributed by atoms with van der Waals surface area (Å²) in [5, 5.41) is 0. The summed E-state index contributed by atoms with van der Waals surface area (Å²) in [5.41, 5.74) is 0. The number of carbonyl (C=O) groups is 3. The second-order valence-electron chi connectivity index (χ2n) is 5.82. The number of amides is 3. The molecule has 1 atom stereocenters. The zero-order chi connectivity index (χ0) is 16.1. The van der Waals surface area contributed by atoms with Crippen molar-refractivity contribution in [2.45, 2.75) is 39.2 Å². The molecule has 2 heterocycles. The standard InChI is InChI=1S/C15H25N3O4/c1-3-22-15(21)17-10-8-16(9-11-17)13(19)14(20)18-7-5-4-6-12(18)2/h12H,3-11H2,1-2H3. The Bertz CT molecular complexity index is 433. The van der Waals surface area contributed by atoms with Gasteiger partial charge in [-0.2, -0.15) is 0 Å². The van der Waals surface area contributed by atoms with E-state index in [4.69, 9.17) is 4.74 Å². The molecule has 0 bridgehead atoms. The van der Waals surface area contributed by atoms with E-state index in [1.54, 1.807) is 21.6 Å². The average Bonchev–Trinajstić information content (AvgIpc) is 2.54. The maximum absolute atomic E-state index is 12.4. The molecule has 2 rings (SSSR count). The van der Waals surface area contributed by atoms with Crippen LogP contribution in [0, 0.1) is 0 Å². The SMILES string of the molecule is CCOC(=O)N1CCN(C(=O)C(=O)N2CCCCC2C)CC1. The third-order valence-corrected chi connectivity index (χ3v) is 4.34. The van der Waals surface area contributed by atoms with Gasteiger partial charge in [-0.3, -0.25) is 9.59 Å². The zero-order valence-electron chi connectivity index (χ0n) is 13.4. The molecule has 7 nitrogen and oxygen atoms in total. The summed E-state index contributed by atoms with van der Waals surface area (Å²) in [6.45, 7) is 6.33. The summed E-state index contributed by atoms with van der Waals surface area (Å²) in [7, 11) is 0. The number of ether oxygens (including phenoxy) is 1. The predicted molar refractivity (Wildman–Crippen MR) is 80.2 cm³/mol. The van der Waals surface area contributed by atoms with Crippen LogP contribution in [0.2, 0.25) is 0 Å². The number of piperidine rings is 1. The van der Waals surface area contributed by atoms with Gasteiger partial charge in [0.2, 0.25) is 0 Å². The van der Waals surface area contributed by atoms with Crippen molar-refractivity contribution in [3.63, 3.8) is 0 Å². The van der Waals surface area contributed by atoms with E-state index < -0.39 is 11.8 Å². The normalized spacial score (nSPS) is 22.5. The highest BCUT2D eigenvalue weighted by Gasteiger charge is 2.33. The molecule has 7 heteroatoms. The second kappa shape index (κ2) is 7.47. The van der Waals surface area contributed by atoms with Crippen LogP contribution in [0.15, 0.2) is 0 Å². The quantitative estimate of drug-likeness (QED) is 0.668. The second-order valence-corrected chi connectivity index (χ2v) is 5.82. The third kappa shape index (κ3) is 3.69. The number of piperazine rings is 1. The van der Waals surface area contributed by atoms with Gasteiger partial charge in [0.25, 0.3) is 0 Å². The number of rotatable bonds is 1. The first-order chi connectivity index (χ1) is 10.5. The lowest BCUT2D eigenvalue weighted by atomic mass is 10.0. The minimum atomic E-state index is -0.447. The molecule has 0 aromatic carbocycles. The lowest BCUT2D eigenvalue weighted by Crippen LogP contribution is -2.56. The molecule has 2 aliphatic rings. The molecule has 0 aliphatic carbocycles. The van der Waals surface area contributed by atoms with E-state index in [0.717, 1.165) is 19.3 Å². The molecule has 2 aliphatic heterocycles. The molecular weight excluding hydrogens is 286 g/mol. The van der Waals surface area contributed by atoms with Crippen LogP contribution in [0.3, 0.4) is 0 Å². The van der Waals surface area contributed by atoms with Crippen molar-refractivity contribution in [2.75, 3.05) is 39.3 Å². The van der Waals surface area contributed by atoms with Gasteiger partial charge in [-0.05, 0) is 33.1 Å². The minimum absolute atomic E-state index is 0.131. The number of nitrogens with zero attached hydrogens (tertiary/aromatic N) is 3. The topological polar surface area (TPSA) is 70.2 Å². The average molecular weight is 311 g/mol. The summed E-state index contributed by atoms with van der Waals surface area (Å²) < 4.78 is 4.94. The van der Waals surface area contributed by atoms with Gasteiger partial charge in [-0.1, -0.05) is 0 Å². The molecule has 0 radical (unpaired) electrons. The van der Waals surface area contributed by atoms with E-state index in [1.807, 2.05) is 6.92 Å². The number of carbonyl (C=O) groups excluding carboxylic acids is 3. The van der Waals surface area contributed by atoms with E-state index in [9.17, 15) is 14.4 Å². The van der Waals surface area contributed by atoms with Crippen LogP contribution in [0.5, 0.6) is 0 Å². The molecule has 0 saturated carbocycles. The van der Waals surface area contributed by atoms with E-state index in [0.29, 0.717) is 39.3 Å². The van der Waals surface area contributed by atoms with Gasteiger partial charge < -0.3 is 19.4 Å². The van der Waals surface area contributed by atoms with Gasteiger partial charge in [0, 0.05) is 38.8 Å². The van der Waals surface area contributed by atoms with Crippen LogP contribution in [-0.2, 0) is 14.3 Å². The molecule has 3 amide bonds. The van der Waals surface area contributed by atoms with Crippen LogP contribution in [-0.4, -0.2) is 78.0 Å². The van der Waals surface area contributed by atoms with Crippen molar-refractivity contribution in [2.24, 2.45) is 0 Å². The molecule has 124 valence electrons. The van der Waals surface area contributed by atoms with Gasteiger partial charge in [0.15, 0.2) is 0 Å². The molecule has 0 N–H and O–H groups in total. The Labute approximate surface area is 131 Å². The summed E-state index contributed by atoms with van der Waals surface area (Å²) in [5.74, 6) is -0.853. The summed E-state index contributed by atoms with van der Waals surface area (Å²) in [6, 6.07) is 0.131. The van der Waals surface area contributed by atoms with Crippen LogP contribution < -0.4 is 0 Å². The molecular formula is C15H25N3O4. The zero-order valence-corrected chi connectivity index (χ0v) is 13.4. The Balaban J connectivity index is 1.86. The Morgan fingerprint density at radius 3 is 2.18 bits per heavy atom. The fourth-order valence-electron chi connectivity index (χ4n) is 2.96. The van der Waals surface area contributed by atoms with Crippen LogP contribution in [0.1, 0.15) is 33.1 Å². The minimum Gasteiger partial charge on any atom is -0.450 e. The summed E-state index contributed by atoms with van der Waals surface area (Å²) >= 11 is 0. The number of likely N-dealkylation sites (tertiary alicyclic amines) is 1. The van der Waals surface area contributed by atoms with Crippen LogP contribution in [0.25, 0.3) is 0 Å². The first kappa shape index (κ1) is 16.6. The maximum atomic E-state index is 12.4. The molecule has 0 aromatic heterocycles. The van der Waals surface area contributed by atoms with Crippen molar-refractivity contribution in [3.8, 4) is 0 Å². The number of hydrogen-bond donors (Lipinski definition) is 0. The smallest absolute Gasteiger partial charge is 0.409 e. The first-order valence-electron chi connectivity index (χ1n) is 8.06. The Morgan fingerprint density at radius 1 is 0.955 bits per heavy atom. The highest BCUT2D eigenvalue weighted by Crippen LogP contribution is 2.17. The van der Waals surface area contributed by atoms with E-state index >= 15 is 0 Å². The van der Waals surface area contributed by atoms with E-state index in [2.05, 4.69) is 0 Å². The summed E-state index contributed by atoms with van der Waals surface area (Å²) in [4.78, 5) is 41.1. The van der Waals surface area contributed by atoms with Crippen LogP contribution >= 0.6 is 0 Å². The Hall–Kier alpha value is -1.79. The summed E-state index contributed by atoms with van der Waals surface area (Å²) in [6.07, 6.45) is 2.66. The van der Waals surface area contributed by atoms with Crippen molar-refractivity contribution in [1.29, 1.82) is 0 Å². The largest absolute Gasteiger partial charge is 0.450 e. The highest BCUT2D eigenvalue weighted by molar-refractivity contribution is 6.35. The van der Waals surface area contributed by atoms with Gasteiger partial charge in [0.1, 0.15) is 0 Å². The fourth-order valence-corrected chi connectivity index (χ4v) is 2.96. The van der Waals surface area contributed by atoms with Crippen molar-refractivity contribution >= 4 is 17.9 Å². The van der Waals surface area contributed by atoms with Gasteiger partial charge >= 0.3 is 17.9 Å². The fraction of sp³-hybridized carbons (Fsp3) is 0.800.